The van der Waals surface area contributed by atoms with Gasteiger partial charge >= 0.3 is 0 Å². The molecule has 25 heavy (non-hydrogen) atoms. The summed E-state index contributed by atoms with van der Waals surface area (Å²) in [6, 6.07) is 16.7. The lowest BCUT2D eigenvalue weighted by atomic mass is 10.1. The lowest BCUT2D eigenvalue weighted by Gasteiger charge is -2.14. The monoisotopic (exact) mass is 336 g/mol. The Morgan fingerprint density at radius 1 is 1.20 bits per heavy atom. The topological polar surface area (TPSA) is 52.6 Å². The molecule has 0 saturated carbocycles. The standard InChI is InChI=1S/C21H24N2O2/c24-20-10-4-9-19(14-20)21(25)22-15-18-11-13-23(16-18)12-5-8-17-6-2-1-3-7-17/h1-10,14,18,24H,11-13,15-16H2,(H,22,25). The maximum Gasteiger partial charge on any atom is 0.251 e. The highest BCUT2D eigenvalue weighted by Gasteiger charge is 2.22. The highest BCUT2D eigenvalue weighted by Crippen LogP contribution is 2.16. The van der Waals surface area contributed by atoms with Crippen LogP contribution in [0.25, 0.3) is 6.08 Å². The molecule has 2 aromatic carbocycles. The number of carbonyl (C=O) groups excluding carboxylic acids is 1. The fourth-order valence-corrected chi connectivity index (χ4v) is 3.13. The fourth-order valence-electron chi connectivity index (χ4n) is 3.13. The zero-order chi connectivity index (χ0) is 17.5. The Morgan fingerprint density at radius 2 is 2.04 bits per heavy atom. The average Bonchev–Trinajstić information content (AvgIpc) is 3.08. The number of hydrogen-bond donors (Lipinski definition) is 2. The number of likely N-dealkylation sites (tertiary alicyclic amines) is 1. The quantitative estimate of drug-likeness (QED) is 0.852. The summed E-state index contributed by atoms with van der Waals surface area (Å²) in [6.45, 7) is 3.67. The first kappa shape index (κ1) is 17.2. The van der Waals surface area contributed by atoms with E-state index in [1.807, 2.05) is 18.2 Å². The Bertz CT molecular complexity index is 728. The molecule has 1 heterocycles. The average molecular weight is 336 g/mol. The number of rotatable bonds is 6. The Balaban J connectivity index is 1.41. The molecule has 1 atom stereocenters. The molecule has 2 N–H and O–H groups in total. The summed E-state index contributed by atoms with van der Waals surface area (Å²) in [7, 11) is 0. The van der Waals surface area contributed by atoms with Gasteiger partial charge in [-0.3, -0.25) is 9.69 Å². The smallest absolute Gasteiger partial charge is 0.251 e. The minimum atomic E-state index is -0.127. The molecule has 1 amide bonds. The van der Waals surface area contributed by atoms with Crippen LogP contribution >= 0.6 is 0 Å². The van der Waals surface area contributed by atoms with Gasteiger partial charge in [0.2, 0.25) is 0 Å². The van der Waals surface area contributed by atoms with Crippen LogP contribution in [0.4, 0.5) is 0 Å². The van der Waals surface area contributed by atoms with Crippen molar-refractivity contribution in [2.75, 3.05) is 26.2 Å². The first-order chi connectivity index (χ1) is 12.2. The van der Waals surface area contributed by atoms with Crippen LogP contribution in [0, 0.1) is 5.92 Å². The van der Waals surface area contributed by atoms with Gasteiger partial charge in [0, 0.05) is 25.2 Å². The summed E-state index contributed by atoms with van der Waals surface area (Å²) < 4.78 is 0. The number of hydrogen-bond acceptors (Lipinski definition) is 3. The predicted molar refractivity (Wildman–Crippen MR) is 100 cm³/mol. The van der Waals surface area contributed by atoms with E-state index in [9.17, 15) is 9.90 Å². The van der Waals surface area contributed by atoms with E-state index in [0.717, 1.165) is 26.1 Å². The van der Waals surface area contributed by atoms with Gasteiger partial charge in [0.05, 0.1) is 0 Å². The summed E-state index contributed by atoms with van der Waals surface area (Å²) in [6.07, 6.45) is 5.44. The van der Waals surface area contributed by atoms with Gasteiger partial charge in [0.25, 0.3) is 5.91 Å². The van der Waals surface area contributed by atoms with E-state index in [1.54, 1.807) is 18.2 Å². The second-order valence-electron chi connectivity index (χ2n) is 6.49. The SMILES string of the molecule is O=C(NCC1CCN(CC=Cc2ccccc2)C1)c1cccc(O)c1. The molecule has 0 bridgehead atoms. The predicted octanol–water partition coefficient (Wildman–Crippen LogP) is 3.16. The van der Waals surface area contributed by atoms with Crippen molar-refractivity contribution in [3.05, 3.63) is 71.8 Å². The van der Waals surface area contributed by atoms with Gasteiger partial charge in [-0.25, -0.2) is 0 Å². The number of benzene rings is 2. The van der Waals surface area contributed by atoms with Crippen LogP contribution < -0.4 is 5.32 Å². The number of phenols is 1. The van der Waals surface area contributed by atoms with Gasteiger partial charge in [0.15, 0.2) is 0 Å². The number of nitrogens with one attached hydrogen (secondary N) is 1. The number of amides is 1. The van der Waals surface area contributed by atoms with E-state index >= 15 is 0 Å². The maximum absolute atomic E-state index is 12.1. The van der Waals surface area contributed by atoms with Crippen molar-refractivity contribution >= 4 is 12.0 Å². The van der Waals surface area contributed by atoms with Crippen molar-refractivity contribution in [2.24, 2.45) is 5.92 Å². The second-order valence-corrected chi connectivity index (χ2v) is 6.49. The van der Waals surface area contributed by atoms with Gasteiger partial charge < -0.3 is 10.4 Å². The molecule has 1 saturated heterocycles. The molecule has 3 rings (SSSR count). The molecule has 1 aliphatic heterocycles. The molecule has 0 aromatic heterocycles. The van der Waals surface area contributed by atoms with Crippen LogP contribution in [0.5, 0.6) is 5.75 Å². The molecule has 2 aromatic rings. The zero-order valence-corrected chi connectivity index (χ0v) is 14.3. The Kier molecular flexibility index (Phi) is 5.86. The summed E-state index contributed by atoms with van der Waals surface area (Å²) in [5, 5.41) is 12.4. The zero-order valence-electron chi connectivity index (χ0n) is 14.3. The molecule has 0 aliphatic carbocycles. The molecular formula is C21H24N2O2. The molecule has 4 nitrogen and oxygen atoms in total. The van der Waals surface area contributed by atoms with Crippen LogP contribution in [-0.2, 0) is 0 Å². The Labute approximate surface area is 148 Å². The van der Waals surface area contributed by atoms with Gasteiger partial charge in [-0.2, -0.15) is 0 Å². The highest BCUT2D eigenvalue weighted by molar-refractivity contribution is 5.94. The van der Waals surface area contributed by atoms with Gasteiger partial charge in [-0.05, 0) is 42.6 Å². The van der Waals surface area contributed by atoms with Crippen LogP contribution in [0.3, 0.4) is 0 Å². The maximum atomic E-state index is 12.1. The molecule has 4 heteroatoms. The molecule has 0 spiro atoms. The van der Waals surface area contributed by atoms with Crippen LogP contribution in [0.15, 0.2) is 60.7 Å². The van der Waals surface area contributed by atoms with Crippen LogP contribution in [0.2, 0.25) is 0 Å². The van der Waals surface area contributed by atoms with E-state index in [0.29, 0.717) is 18.0 Å². The lowest BCUT2D eigenvalue weighted by Crippen LogP contribution is -2.31. The van der Waals surface area contributed by atoms with Crippen molar-refractivity contribution in [2.45, 2.75) is 6.42 Å². The third kappa shape index (κ3) is 5.19. The molecule has 1 aliphatic rings. The summed E-state index contributed by atoms with van der Waals surface area (Å²) >= 11 is 0. The minimum Gasteiger partial charge on any atom is -0.508 e. The first-order valence-corrected chi connectivity index (χ1v) is 8.72. The summed E-state index contributed by atoms with van der Waals surface area (Å²) in [5.74, 6) is 0.467. The third-order valence-electron chi connectivity index (χ3n) is 4.50. The summed E-state index contributed by atoms with van der Waals surface area (Å²) in [5.41, 5.74) is 1.72. The van der Waals surface area contributed by atoms with Crippen molar-refractivity contribution in [3.8, 4) is 5.75 Å². The van der Waals surface area contributed by atoms with E-state index in [1.165, 1.54) is 11.6 Å². The molecule has 130 valence electrons. The van der Waals surface area contributed by atoms with E-state index < -0.39 is 0 Å². The van der Waals surface area contributed by atoms with Gasteiger partial charge in [0.1, 0.15) is 5.75 Å². The van der Waals surface area contributed by atoms with Crippen molar-refractivity contribution < 1.29 is 9.90 Å². The number of nitrogens with zero attached hydrogens (tertiary/aromatic N) is 1. The van der Waals surface area contributed by atoms with Gasteiger partial charge in [-0.1, -0.05) is 48.6 Å². The number of phenolic OH excluding ortho intramolecular Hbond substituents is 1. The highest BCUT2D eigenvalue weighted by atomic mass is 16.3. The van der Waals surface area contributed by atoms with Crippen molar-refractivity contribution in [3.63, 3.8) is 0 Å². The molecule has 1 unspecified atom stereocenters. The number of carbonyl (C=O) groups is 1. The van der Waals surface area contributed by atoms with Gasteiger partial charge in [-0.15, -0.1) is 0 Å². The molecule has 1 fully saturated rings. The van der Waals surface area contributed by atoms with Crippen LogP contribution in [-0.4, -0.2) is 42.1 Å². The third-order valence-corrected chi connectivity index (χ3v) is 4.50. The van der Waals surface area contributed by atoms with E-state index in [-0.39, 0.29) is 11.7 Å². The normalized spacial score (nSPS) is 17.8. The molecule has 0 radical (unpaired) electrons. The Morgan fingerprint density at radius 3 is 2.84 bits per heavy atom. The van der Waals surface area contributed by atoms with Crippen LogP contribution in [0.1, 0.15) is 22.3 Å². The first-order valence-electron chi connectivity index (χ1n) is 8.72. The van der Waals surface area contributed by atoms with E-state index in [4.69, 9.17) is 0 Å². The van der Waals surface area contributed by atoms with Crippen molar-refractivity contribution in [1.82, 2.24) is 10.2 Å². The summed E-state index contributed by atoms with van der Waals surface area (Å²) in [4.78, 5) is 14.5. The fraction of sp³-hybridized carbons (Fsp3) is 0.286. The molecular weight excluding hydrogens is 312 g/mol. The lowest BCUT2D eigenvalue weighted by molar-refractivity contribution is 0.0947. The van der Waals surface area contributed by atoms with Crippen molar-refractivity contribution in [1.29, 1.82) is 0 Å². The Hall–Kier alpha value is -2.59. The van der Waals surface area contributed by atoms with E-state index in [2.05, 4.69) is 34.5 Å². The second kappa shape index (κ2) is 8.49. The largest absolute Gasteiger partial charge is 0.508 e. The minimum absolute atomic E-state index is 0.116. The number of aromatic hydroxyl groups is 1.